The van der Waals surface area contributed by atoms with Gasteiger partial charge in [-0.2, -0.15) is 5.10 Å². The van der Waals surface area contributed by atoms with Gasteiger partial charge in [0.2, 0.25) is 0 Å². The Morgan fingerprint density at radius 2 is 2.04 bits per heavy atom. The number of benzene rings is 1. The Bertz CT molecular complexity index is 806. The zero-order valence-corrected chi connectivity index (χ0v) is 13.7. The summed E-state index contributed by atoms with van der Waals surface area (Å²) in [5.41, 5.74) is 3.61. The Balaban J connectivity index is 1.70. The molecule has 0 saturated carbocycles. The van der Waals surface area contributed by atoms with Crippen LogP contribution in [0.2, 0.25) is 0 Å². The molecule has 1 aliphatic heterocycles. The van der Waals surface area contributed by atoms with Gasteiger partial charge in [0.1, 0.15) is 5.60 Å². The molecule has 1 aromatic heterocycles. The number of carbonyl (C=O) groups is 1. The molecular formula is C18H21N3O3. The minimum absolute atomic E-state index is 0.154. The van der Waals surface area contributed by atoms with E-state index in [1.54, 1.807) is 4.90 Å². The smallest absolute Gasteiger partial charge is 0.274 e. The predicted octanol–water partition coefficient (Wildman–Crippen LogP) is 0.849. The van der Waals surface area contributed by atoms with Crippen molar-refractivity contribution in [2.45, 2.75) is 31.8 Å². The second-order valence-corrected chi connectivity index (χ2v) is 6.87. The second kappa shape index (κ2) is 5.43. The molecule has 2 N–H and O–H groups in total. The number of aliphatic hydroxyl groups is 2. The molecular weight excluding hydrogens is 306 g/mol. The summed E-state index contributed by atoms with van der Waals surface area (Å²) in [5.74, 6) is -0.154. The lowest BCUT2D eigenvalue weighted by Crippen LogP contribution is -2.65. The number of nitrogens with zero attached hydrogens (tertiary/aromatic N) is 3. The molecule has 2 aliphatic rings. The van der Waals surface area contributed by atoms with Crippen LogP contribution in [0.3, 0.4) is 0 Å². The molecule has 1 amide bonds. The maximum atomic E-state index is 12.8. The third-order valence-corrected chi connectivity index (χ3v) is 5.03. The topological polar surface area (TPSA) is 78.6 Å². The van der Waals surface area contributed by atoms with Crippen LogP contribution in [0.15, 0.2) is 24.3 Å². The number of aryl methyl sites for hydroxylation is 1. The van der Waals surface area contributed by atoms with Gasteiger partial charge < -0.3 is 15.1 Å². The third kappa shape index (κ3) is 2.25. The number of likely N-dealkylation sites (tertiary alicyclic amines) is 1. The monoisotopic (exact) mass is 327 g/mol. The average Bonchev–Trinajstić information content (AvgIpc) is 3.14. The molecule has 0 spiro atoms. The fourth-order valence-electron chi connectivity index (χ4n) is 3.67. The first-order chi connectivity index (χ1) is 11.5. The Morgan fingerprint density at radius 1 is 1.29 bits per heavy atom. The zero-order valence-electron chi connectivity index (χ0n) is 13.7. The zero-order chi connectivity index (χ0) is 16.9. The summed E-state index contributed by atoms with van der Waals surface area (Å²) in [6.45, 7) is 2.03. The summed E-state index contributed by atoms with van der Waals surface area (Å²) in [4.78, 5) is 14.3. The number of aromatic nitrogens is 2. The summed E-state index contributed by atoms with van der Waals surface area (Å²) < 4.78 is 1.91. The van der Waals surface area contributed by atoms with Gasteiger partial charge in [0.15, 0.2) is 5.69 Å². The summed E-state index contributed by atoms with van der Waals surface area (Å²) in [7, 11) is 0. The van der Waals surface area contributed by atoms with E-state index in [1.807, 2.05) is 35.9 Å². The first-order valence-electron chi connectivity index (χ1n) is 8.32. The molecule has 1 saturated heterocycles. The Morgan fingerprint density at radius 3 is 2.75 bits per heavy atom. The van der Waals surface area contributed by atoms with Crippen LogP contribution >= 0.6 is 0 Å². The van der Waals surface area contributed by atoms with Gasteiger partial charge in [-0.05, 0) is 37.8 Å². The minimum atomic E-state index is -1.16. The van der Waals surface area contributed by atoms with Crippen LogP contribution < -0.4 is 0 Å². The van der Waals surface area contributed by atoms with E-state index >= 15 is 0 Å². The maximum absolute atomic E-state index is 12.8. The first-order valence-corrected chi connectivity index (χ1v) is 8.32. The predicted molar refractivity (Wildman–Crippen MR) is 88.3 cm³/mol. The van der Waals surface area contributed by atoms with Gasteiger partial charge >= 0.3 is 0 Å². The minimum Gasteiger partial charge on any atom is -0.393 e. The molecule has 2 aromatic rings. The molecule has 126 valence electrons. The molecule has 0 unspecified atom stereocenters. The molecule has 24 heavy (non-hydrogen) atoms. The molecule has 1 fully saturated rings. The van der Waals surface area contributed by atoms with Crippen molar-refractivity contribution in [2.24, 2.45) is 0 Å². The molecule has 4 rings (SSSR count). The first kappa shape index (κ1) is 15.4. The van der Waals surface area contributed by atoms with E-state index in [0.717, 1.165) is 41.8 Å². The SMILES string of the molecule is Cc1ccccc1-n1nc(C(=O)N2CC(O)(CO)C2)c2c1CCC2. The fourth-order valence-corrected chi connectivity index (χ4v) is 3.67. The summed E-state index contributed by atoms with van der Waals surface area (Å²) in [6.07, 6.45) is 2.81. The normalized spacial score (nSPS) is 18.4. The molecule has 0 bridgehead atoms. The van der Waals surface area contributed by atoms with Gasteiger partial charge in [-0.15, -0.1) is 0 Å². The van der Waals surface area contributed by atoms with Crippen molar-refractivity contribution in [1.29, 1.82) is 0 Å². The lowest BCUT2D eigenvalue weighted by atomic mass is 9.94. The van der Waals surface area contributed by atoms with Gasteiger partial charge in [-0.1, -0.05) is 18.2 Å². The Hall–Kier alpha value is -2.18. The molecule has 0 atom stereocenters. The number of β-amino-alcohol motifs (C(OH)–C–C–N with tert-alkyl or cyclic N) is 1. The quantitative estimate of drug-likeness (QED) is 0.876. The number of carbonyl (C=O) groups excluding carboxylic acids is 1. The highest BCUT2D eigenvalue weighted by molar-refractivity contribution is 5.95. The van der Waals surface area contributed by atoms with Crippen LogP contribution in [-0.2, 0) is 12.8 Å². The van der Waals surface area contributed by atoms with Gasteiger partial charge in [0, 0.05) is 11.3 Å². The van der Waals surface area contributed by atoms with Crippen LogP contribution in [0, 0.1) is 6.92 Å². The van der Waals surface area contributed by atoms with Crippen molar-refractivity contribution in [1.82, 2.24) is 14.7 Å². The van der Waals surface area contributed by atoms with Crippen molar-refractivity contribution in [2.75, 3.05) is 19.7 Å². The summed E-state index contributed by atoms with van der Waals surface area (Å²) >= 11 is 0. The molecule has 0 radical (unpaired) electrons. The number of amides is 1. The highest BCUT2D eigenvalue weighted by atomic mass is 16.3. The van der Waals surface area contributed by atoms with Crippen molar-refractivity contribution in [3.63, 3.8) is 0 Å². The van der Waals surface area contributed by atoms with Gasteiger partial charge in [-0.25, -0.2) is 4.68 Å². The van der Waals surface area contributed by atoms with Crippen LogP contribution in [-0.4, -0.2) is 56.1 Å². The number of hydrogen-bond donors (Lipinski definition) is 2. The highest BCUT2D eigenvalue weighted by Crippen LogP contribution is 2.31. The molecule has 2 heterocycles. The van der Waals surface area contributed by atoms with E-state index in [1.165, 1.54) is 0 Å². The van der Waals surface area contributed by atoms with E-state index < -0.39 is 5.60 Å². The molecule has 1 aromatic carbocycles. The lowest BCUT2D eigenvalue weighted by Gasteiger charge is -2.45. The van der Waals surface area contributed by atoms with Crippen LogP contribution in [0.1, 0.15) is 33.7 Å². The van der Waals surface area contributed by atoms with Crippen molar-refractivity contribution in [3.05, 3.63) is 46.8 Å². The van der Waals surface area contributed by atoms with E-state index in [9.17, 15) is 9.90 Å². The van der Waals surface area contributed by atoms with Crippen molar-refractivity contribution >= 4 is 5.91 Å². The van der Waals surface area contributed by atoms with Crippen LogP contribution in [0.4, 0.5) is 0 Å². The molecule has 6 nitrogen and oxygen atoms in total. The molecule has 6 heteroatoms. The fraction of sp³-hybridized carbons (Fsp3) is 0.444. The number of aliphatic hydroxyl groups excluding tert-OH is 1. The Labute approximate surface area is 140 Å². The summed E-state index contributed by atoms with van der Waals surface area (Å²) in [5, 5.41) is 23.7. The maximum Gasteiger partial charge on any atom is 0.274 e. The second-order valence-electron chi connectivity index (χ2n) is 6.87. The number of fused-ring (bicyclic) bond motifs is 1. The lowest BCUT2D eigenvalue weighted by molar-refractivity contribution is -0.110. The average molecular weight is 327 g/mol. The van der Waals surface area contributed by atoms with Gasteiger partial charge in [0.25, 0.3) is 5.91 Å². The van der Waals surface area contributed by atoms with E-state index in [2.05, 4.69) is 5.10 Å². The van der Waals surface area contributed by atoms with Gasteiger partial charge in [-0.3, -0.25) is 4.79 Å². The van der Waals surface area contributed by atoms with Crippen molar-refractivity contribution < 1.29 is 15.0 Å². The Kier molecular flexibility index (Phi) is 3.47. The number of para-hydroxylation sites is 1. The van der Waals surface area contributed by atoms with Crippen LogP contribution in [0.5, 0.6) is 0 Å². The largest absolute Gasteiger partial charge is 0.393 e. The van der Waals surface area contributed by atoms with Crippen molar-refractivity contribution in [3.8, 4) is 5.69 Å². The number of rotatable bonds is 3. The highest BCUT2D eigenvalue weighted by Gasteiger charge is 2.44. The van der Waals surface area contributed by atoms with E-state index in [4.69, 9.17) is 5.11 Å². The van der Waals surface area contributed by atoms with Crippen LogP contribution in [0.25, 0.3) is 5.69 Å². The number of hydrogen-bond acceptors (Lipinski definition) is 4. The van der Waals surface area contributed by atoms with Gasteiger partial charge in [0.05, 0.1) is 25.4 Å². The third-order valence-electron chi connectivity index (χ3n) is 5.03. The van der Waals surface area contributed by atoms with E-state index in [-0.39, 0.29) is 25.6 Å². The van der Waals surface area contributed by atoms with E-state index in [0.29, 0.717) is 5.69 Å². The molecule has 1 aliphatic carbocycles. The summed E-state index contributed by atoms with van der Waals surface area (Å²) in [6, 6.07) is 8.02. The standard InChI is InChI=1S/C18H21N3O3/c1-12-5-2-3-7-14(12)21-15-8-4-6-13(15)16(19-21)17(23)20-9-18(24,10-20)11-22/h2-3,5,7,22,24H,4,6,8-11H2,1H3.